The van der Waals surface area contributed by atoms with E-state index in [0.717, 1.165) is 46.7 Å². The summed E-state index contributed by atoms with van der Waals surface area (Å²) < 4.78 is 26.6. The molecule has 0 atom stereocenters. The fourth-order valence-electron chi connectivity index (χ4n) is 2.07. The van der Waals surface area contributed by atoms with Crippen LogP contribution < -0.4 is 0 Å². The topological polar surface area (TPSA) is 17.1 Å². The Bertz CT molecular complexity index is 695. The van der Waals surface area contributed by atoms with Crippen molar-refractivity contribution in [2.24, 2.45) is 0 Å². The van der Waals surface area contributed by atoms with Gasteiger partial charge in [0.25, 0.3) is 0 Å². The highest BCUT2D eigenvalue weighted by Gasteiger charge is 2.13. The Morgan fingerprint density at radius 2 is 1.67 bits per heavy atom. The molecule has 0 aliphatic rings. The van der Waals surface area contributed by atoms with Crippen LogP contribution in [0.5, 0.6) is 0 Å². The Morgan fingerprint density at radius 3 is 2.38 bits per heavy atom. The second-order valence-corrected chi connectivity index (χ2v) is 6.06. The summed E-state index contributed by atoms with van der Waals surface area (Å²) >= 11 is 1.02. The maximum Gasteiger partial charge on any atom is 0.173 e. The van der Waals surface area contributed by atoms with Crippen LogP contribution in [0.25, 0.3) is 0 Å². The molecule has 0 heterocycles. The summed E-state index contributed by atoms with van der Waals surface area (Å²) in [5.74, 6) is -1.01. The average molecular weight is 306 g/mol. The molecule has 110 valence electrons. The molecule has 2 aromatic carbocycles. The predicted molar refractivity (Wildman–Crippen MR) is 82.1 cm³/mol. The average Bonchev–Trinajstić information content (AvgIpc) is 2.43. The Hall–Kier alpha value is -1.68. The van der Waals surface area contributed by atoms with Crippen molar-refractivity contribution < 1.29 is 13.6 Å². The molecule has 4 heteroatoms. The second kappa shape index (κ2) is 6.39. The molecule has 0 radical (unpaired) electrons. The molecule has 0 aliphatic heterocycles. The molecule has 0 aromatic heterocycles. The van der Waals surface area contributed by atoms with E-state index in [1.54, 1.807) is 0 Å². The van der Waals surface area contributed by atoms with Crippen LogP contribution in [-0.2, 0) is 0 Å². The predicted octanol–water partition coefficient (Wildman–Crippen LogP) is 4.87. The van der Waals surface area contributed by atoms with Gasteiger partial charge in [0.2, 0.25) is 0 Å². The maximum atomic E-state index is 13.5. The third-order valence-corrected chi connectivity index (χ3v) is 4.42. The van der Waals surface area contributed by atoms with Gasteiger partial charge in [0.1, 0.15) is 11.6 Å². The number of carbonyl (C=O) groups is 1. The van der Waals surface area contributed by atoms with Crippen molar-refractivity contribution in [3.63, 3.8) is 0 Å². The molecule has 0 saturated carbocycles. The fourth-order valence-corrected chi connectivity index (χ4v) is 2.91. The third-order valence-electron chi connectivity index (χ3n) is 3.39. The highest BCUT2D eigenvalue weighted by Crippen LogP contribution is 2.25. The zero-order valence-corrected chi connectivity index (χ0v) is 13.0. The van der Waals surface area contributed by atoms with E-state index in [1.165, 1.54) is 0 Å². The molecule has 0 spiro atoms. The van der Waals surface area contributed by atoms with Crippen LogP contribution >= 0.6 is 11.8 Å². The normalized spacial score (nSPS) is 10.7. The summed E-state index contributed by atoms with van der Waals surface area (Å²) in [6.07, 6.45) is 0. The van der Waals surface area contributed by atoms with E-state index in [2.05, 4.69) is 0 Å². The molecule has 0 aliphatic carbocycles. The van der Waals surface area contributed by atoms with Crippen molar-refractivity contribution in [1.29, 1.82) is 0 Å². The van der Waals surface area contributed by atoms with E-state index in [1.807, 2.05) is 32.9 Å². The Kier molecular flexibility index (Phi) is 4.78. The number of carbonyl (C=O) groups excluding carboxylic acids is 1. The van der Waals surface area contributed by atoms with Gasteiger partial charge in [-0.25, -0.2) is 8.78 Å². The number of hydrogen-bond donors (Lipinski definition) is 0. The van der Waals surface area contributed by atoms with Crippen LogP contribution in [-0.4, -0.2) is 11.5 Å². The van der Waals surface area contributed by atoms with E-state index in [9.17, 15) is 13.6 Å². The number of benzene rings is 2. The van der Waals surface area contributed by atoms with Gasteiger partial charge < -0.3 is 0 Å². The van der Waals surface area contributed by atoms with E-state index < -0.39 is 11.6 Å². The molecule has 0 amide bonds. The minimum atomic E-state index is -0.508. The first-order chi connectivity index (χ1) is 9.88. The van der Waals surface area contributed by atoms with E-state index in [4.69, 9.17) is 0 Å². The molecular formula is C17H16F2OS. The number of thioether (sulfide) groups is 1. The zero-order chi connectivity index (χ0) is 15.6. The molecular weight excluding hydrogens is 290 g/mol. The van der Waals surface area contributed by atoms with Gasteiger partial charge >= 0.3 is 0 Å². The minimum Gasteiger partial charge on any atom is -0.293 e. The maximum absolute atomic E-state index is 13.5. The van der Waals surface area contributed by atoms with Crippen molar-refractivity contribution in [1.82, 2.24) is 0 Å². The summed E-state index contributed by atoms with van der Waals surface area (Å²) in [5, 5.41) is 0. The lowest BCUT2D eigenvalue weighted by Gasteiger charge is -2.09. The number of hydrogen-bond acceptors (Lipinski definition) is 2. The van der Waals surface area contributed by atoms with Gasteiger partial charge in [0.15, 0.2) is 5.78 Å². The van der Waals surface area contributed by atoms with Crippen LogP contribution in [0.1, 0.15) is 27.0 Å². The van der Waals surface area contributed by atoms with Gasteiger partial charge in [-0.2, -0.15) is 0 Å². The van der Waals surface area contributed by atoms with Gasteiger partial charge in [-0.1, -0.05) is 6.07 Å². The smallest absolute Gasteiger partial charge is 0.173 e. The Balaban J connectivity index is 2.15. The van der Waals surface area contributed by atoms with Gasteiger partial charge in [-0.05, 0) is 61.7 Å². The summed E-state index contributed by atoms with van der Waals surface area (Å²) in [7, 11) is 0. The van der Waals surface area contributed by atoms with E-state index >= 15 is 0 Å². The van der Waals surface area contributed by atoms with Gasteiger partial charge in [0.05, 0.1) is 5.75 Å². The lowest BCUT2D eigenvalue weighted by Crippen LogP contribution is -2.06. The number of aryl methyl sites for hydroxylation is 3. The molecule has 0 unspecified atom stereocenters. The lowest BCUT2D eigenvalue weighted by atomic mass is 9.99. The quantitative estimate of drug-likeness (QED) is 0.592. The number of ketones is 1. The summed E-state index contributed by atoms with van der Waals surface area (Å²) in [6, 6.07) is 7.07. The fraction of sp³-hybridized carbons (Fsp3) is 0.235. The highest BCUT2D eigenvalue weighted by atomic mass is 32.2. The highest BCUT2D eigenvalue weighted by molar-refractivity contribution is 8.00. The van der Waals surface area contributed by atoms with Crippen molar-refractivity contribution in [2.75, 3.05) is 5.75 Å². The van der Waals surface area contributed by atoms with Crippen LogP contribution in [0.4, 0.5) is 8.78 Å². The van der Waals surface area contributed by atoms with Crippen LogP contribution in [0.3, 0.4) is 0 Å². The lowest BCUT2D eigenvalue weighted by molar-refractivity contribution is 0.102. The van der Waals surface area contributed by atoms with Crippen molar-refractivity contribution in [2.45, 2.75) is 25.7 Å². The Morgan fingerprint density at radius 1 is 1.00 bits per heavy atom. The first-order valence-corrected chi connectivity index (χ1v) is 7.56. The first kappa shape index (κ1) is 15.7. The van der Waals surface area contributed by atoms with Crippen molar-refractivity contribution >= 4 is 17.5 Å². The standard InChI is InChI=1S/C17H16F2OS/c1-10-6-12(3)14(7-11(10)2)16(20)9-21-17-8-13(18)4-5-15(17)19/h4-8H,9H2,1-3H3. The summed E-state index contributed by atoms with van der Waals surface area (Å²) in [5.41, 5.74) is 3.73. The first-order valence-electron chi connectivity index (χ1n) is 6.57. The van der Waals surface area contributed by atoms with Crippen molar-refractivity contribution in [3.05, 3.63) is 64.2 Å². The van der Waals surface area contributed by atoms with Gasteiger partial charge in [0, 0.05) is 10.5 Å². The second-order valence-electron chi connectivity index (χ2n) is 5.04. The molecule has 0 fully saturated rings. The zero-order valence-electron chi connectivity index (χ0n) is 12.2. The van der Waals surface area contributed by atoms with E-state index in [0.29, 0.717) is 5.56 Å². The SMILES string of the molecule is Cc1cc(C)c(C(=O)CSc2cc(F)ccc2F)cc1C. The molecule has 2 rings (SSSR count). The van der Waals surface area contributed by atoms with E-state index in [-0.39, 0.29) is 16.4 Å². The Labute approximate surface area is 127 Å². The molecule has 1 nitrogen and oxygen atoms in total. The minimum absolute atomic E-state index is 0.0794. The summed E-state index contributed by atoms with van der Waals surface area (Å²) in [4.78, 5) is 12.4. The number of Topliss-reactive ketones (excluding diaryl/α,β-unsaturated/α-hetero) is 1. The number of halogens is 2. The largest absolute Gasteiger partial charge is 0.293 e. The van der Waals surface area contributed by atoms with Gasteiger partial charge in [-0.15, -0.1) is 11.8 Å². The van der Waals surface area contributed by atoms with Crippen molar-refractivity contribution in [3.8, 4) is 0 Å². The van der Waals surface area contributed by atoms with Crippen LogP contribution in [0.2, 0.25) is 0 Å². The third kappa shape index (κ3) is 3.70. The monoisotopic (exact) mass is 306 g/mol. The number of rotatable bonds is 4. The van der Waals surface area contributed by atoms with Gasteiger partial charge in [-0.3, -0.25) is 4.79 Å². The molecule has 0 N–H and O–H groups in total. The summed E-state index contributed by atoms with van der Waals surface area (Å²) in [6.45, 7) is 5.82. The molecule has 0 bridgehead atoms. The molecule has 21 heavy (non-hydrogen) atoms. The van der Waals surface area contributed by atoms with Crippen LogP contribution in [0.15, 0.2) is 35.2 Å². The van der Waals surface area contributed by atoms with Crippen LogP contribution in [0, 0.1) is 32.4 Å². The molecule has 0 saturated heterocycles. The molecule has 2 aromatic rings.